The monoisotopic (exact) mass is 170 g/mol. The molecule has 1 fully saturated rings. The molecule has 0 saturated carbocycles. The van der Waals surface area contributed by atoms with Crippen molar-refractivity contribution in [2.45, 2.75) is 33.0 Å². The van der Waals surface area contributed by atoms with Crippen LogP contribution in [0.25, 0.3) is 0 Å². The molecule has 0 aromatic heterocycles. The summed E-state index contributed by atoms with van der Waals surface area (Å²) in [7, 11) is 0. The summed E-state index contributed by atoms with van der Waals surface area (Å²) in [5.74, 6) is -0.393. The molecule has 0 spiro atoms. The van der Waals surface area contributed by atoms with E-state index in [1.165, 1.54) is 0 Å². The molecular weight excluding hydrogens is 152 g/mol. The summed E-state index contributed by atoms with van der Waals surface area (Å²) in [4.78, 5) is 0. The van der Waals surface area contributed by atoms with Crippen LogP contribution in [0.4, 0.5) is 0 Å². The van der Waals surface area contributed by atoms with Gasteiger partial charge in [-0.25, -0.2) is 0 Å². The Morgan fingerprint density at radius 1 is 1.58 bits per heavy atom. The number of hydrogen-bond donors (Lipinski definition) is 0. The zero-order valence-electron chi connectivity index (χ0n) is 8.22. The van der Waals surface area contributed by atoms with Crippen molar-refractivity contribution in [3.63, 3.8) is 0 Å². The van der Waals surface area contributed by atoms with Gasteiger partial charge in [-0.3, -0.25) is 0 Å². The zero-order valence-corrected chi connectivity index (χ0v) is 8.22. The second-order valence-corrected chi connectivity index (χ2v) is 3.75. The molecule has 1 heterocycles. The molecule has 12 heavy (non-hydrogen) atoms. The van der Waals surface area contributed by atoms with Gasteiger partial charge in [-0.2, -0.15) is 0 Å². The Bertz CT molecular complexity index is 175. The van der Waals surface area contributed by atoms with Gasteiger partial charge in [-0.05, 0) is 13.3 Å². The van der Waals surface area contributed by atoms with E-state index in [2.05, 4.69) is 20.4 Å². The van der Waals surface area contributed by atoms with E-state index >= 15 is 0 Å². The molecule has 0 aromatic carbocycles. The van der Waals surface area contributed by atoms with E-state index < -0.39 is 5.79 Å². The van der Waals surface area contributed by atoms with Gasteiger partial charge in [0.25, 0.3) is 0 Å². The first kappa shape index (κ1) is 9.75. The van der Waals surface area contributed by atoms with Crippen molar-refractivity contribution in [3.8, 4) is 0 Å². The highest BCUT2D eigenvalue weighted by Gasteiger charge is 2.54. The number of rotatable bonds is 4. The van der Waals surface area contributed by atoms with Gasteiger partial charge < -0.3 is 9.47 Å². The minimum absolute atomic E-state index is 0.177. The van der Waals surface area contributed by atoms with Gasteiger partial charge in [-0.1, -0.05) is 19.9 Å². The first-order valence-corrected chi connectivity index (χ1v) is 4.47. The Morgan fingerprint density at radius 2 is 2.25 bits per heavy atom. The lowest BCUT2D eigenvalue weighted by molar-refractivity contribution is -0.376. The molecule has 0 aromatic rings. The Labute approximate surface area is 74.6 Å². The van der Waals surface area contributed by atoms with Crippen LogP contribution in [0.3, 0.4) is 0 Å². The van der Waals surface area contributed by atoms with Gasteiger partial charge in [0.15, 0.2) is 5.79 Å². The van der Waals surface area contributed by atoms with Crippen molar-refractivity contribution in [3.05, 3.63) is 12.7 Å². The summed E-state index contributed by atoms with van der Waals surface area (Å²) in [6.45, 7) is 11.3. The largest absolute Gasteiger partial charge is 0.349 e. The average molecular weight is 170 g/mol. The second-order valence-electron chi connectivity index (χ2n) is 3.75. The highest BCUT2D eigenvalue weighted by Crippen LogP contribution is 2.47. The average Bonchev–Trinajstić information content (AvgIpc) is 2.10. The molecule has 2 heteroatoms. The van der Waals surface area contributed by atoms with Crippen LogP contribution in [0.2, 0.25) is 0 Å². The molecule has 1 rings (SSSR count). The van der Waals surface area contributed by atoms with E-state index in [9.17, 15) is 0 Å². The van der Waals surface area contributed by atoms with Gasteiger partial charge in [0, 0.05) is 5.41 Å². The van der Waals surface area contributed by atoms with Crippen LogP contribution in [0.1, 0.15) is 27.2 Å². The Balaban J connectivity index is 2.53. The molecule has 70 valence electrons. The lowest BCUT2D eigenvalue weighted by Crippen LogP contribution is -2.61. The first-order chi connectivity index (χ1) is 5.58. The van der Waals surface area contributed by atoms with Crippen molar-refractivity contribution < 1.29 is 9.47 Å². The quantitative estimate of drug-likeness (QED) is 0.603. The molecule has 1 saturated heterocycles. The predicted molar refractivity (Wildman–Crippen MR) is 48.9 cm³/mol. The Kier molecular flexibility index (Phi) is 2.59. The van der Waals surface area contributed by atoms with E-state index in [1.807, 2.05) is 6.92 Å². The maximum atomic E-state index is 5.58. The molecule has 0 N–H and O–H groups in total. The van der Waals surface area contributed by atoms with Crippen LogP contribution in [-0.4, -0.2) is 19.0 Å². The second kappa shape index (κ2) is 3.19. The highest BCUT2D eigenvalue weighted by atomic mass is 16.7. The molecule has 0 bridgehead atoms. The lowest BCUT2D eigenvalue weighted by atomic mass is 9.75. The van der Waals surface area contributed by atoms with Gasteiger partial charge in [0.05, 0.1) is 13.2 Å². The third kappa shape index (κ3) is 1.29. The van der Waals surface area contributed by atoms with E-state index in [4.69, 9.17) is 9.47 Å². The maximum Gasteiger partial charge on any atom is 0.173 e. The van der Waals surface area contributed by atoms with Gasteiger partial charge in [-0.15, -0.1) is 6.58 Å². The first-order valence-electron chi connectivity index (χ1n) is 4.47. The van der Waals surface area contributed by atoms with Crippen LogP contribution in [0.5, 0.6) is 0 Å². The summed E-state index contributed by atoms with van der Waals surface area (Å²) in [5, 5.41) is 0. The van der Waals surface area contributed by atoms with E-state index in [-0.39, 0.29) is 5.41 Å². The van der Waals surface area contributed by atoms with E-state index in [1.54, 1.807) is 6.08 Å². The normalized spacial score (nSPS) is 40.6. The summed E-state index contributed by atoms with van der Waals surface area (Å²) >= 11 is 0. The van der Waals surface area contributed by atoms with Crippen molar-refractivity contribution in [1.29, 1.82) is 0 Å². The minimum Gasteiger partial charge on any atom is -0.349 e. The fraction of sp³-hybridized carbons (Fsp3) is 0.800. The number of hydrogen-bond acceptors (Lipinski definition) is 2. The predicted octanol–water partition coefficient (Wildman–Crippen LogP) is 2.35. The van der Waals surface area contributed by atoms with Crippen LogP contribution in [0, 0.1) is 5.41 Å². The van der Waals surface area contributed by atoms with E-state index in [0.717, 1.165) is 13.0 Å². The fourth-order valence-corrected chi connectivity index (χ4v) is 1.38. The van der Waals surface area contributed by atoms with Crippen molar-refractivity contribution >= 4 is 0 Å². The molecule has 0 amide bonds. The van der Waals surface area contributed by atoms with Crippen molar-refractivity contribution in [2.75, 3.05) is 13.2 Å². The fourth-order valence-electron chi connectivity index (χ4n) is 1.38. The minimum atomic E-state index is -0.393. The van der Waals surface area contributed by atoms with Crippen LogP contribution in [0.15, 0.2) is 12.7 Å². The molecule has 2 atom stereocenters. The van der Waals surface area contributed by atoms with Gasteiger partial charge >= 0.3 is 0 Å². The standard InChI is InChI=1S/C10H18O2/c1-5-7-11-10(4)9(3,6-2)8-12-10/h5H,1,6-8H2,2-4H3. The molecule has 0 radical (unpaired) electrons. The van der Waals surface area contributed by atoms with Crippen molar-refractivity contribution in [1.82, 2.24) is 0 Å². The Morgan fingerprint density at radius 3 is 2.58 bits per heavy atom. The molecule has 1 aliphatic rings. The van der Waals surface area contributed by atoms with Crippen LogP contribution >= 0.6 is 0 Å². The third-order valence-electron chi connectivity index (χ3n) is 3.02. The zero-order chi connectivity index (χ0) is 9.24. The van der Waals surface area contributed by atoms with Gasteiger partial charge in [0.1, 0.15) is 0 Å². The summed E-state index contributed by atoms with van der Waals surface area (Å²) < 4.78 is 11.0. The number of ether oxygens (including phenoxy) is 2. The highest BCUT2D eigenvalue weighted by molar-refractivity contribution is 4.95. The molecule has 2 unspecified atom stereocenters. The lowest BCUT2D eigenvalue weighted by Gasteiger charge is -2.54. The van der Waals surface area contributed by atoms with E-state index in [0.29, 0.717) is 6.61 Å². The Hall–Kier alpha value is -0.340. The van der Waals surface area contributed by atoms with Crippen LogP contribution < -0.4 is 0 Å². The SMILES string of the molecule is C=CCOC1(C)OCC1(C)CC. The summed E-state index contributed by atoms with van der Waals surface area (Å²) in [6, 6.07) is 0. The summed E-state index contributed by atoms with van der Waals surface area (Å²) in [6.07, 6.45) is 2.84. The van der Waals surface area contributed by atoms with Crippen molar-refractivity contribution in [2.24, 2.45) is 5.41 Å². The maximum absolute atomic E-state index is 5.58. The molecule has 0 aliphatic carbocycles. The smallest absolute Gasteiger partial charge is 0.173 e. The van der Waals surface area contributed by atoms with Crippen LogP contribution in [-0.2, 0) is 9.47 Å². The molecule has 1 aliphatic heterocycles. The topological polar surface area (TPSA) is 18.5 Å². The third-order valence-corrected chi connectivity index (χ3v) is 3.02. The molecule has 2 nitrogen and oxygen atoms in total. The summed E-state index contributed by atoms with van der Waals surface area (Å²) in [5.41, 5.74) is 0.177. The molecular formula is C10H18O2. The van der Waals surface area contributed by atoms with Gasteiger partial charge in [0.2, 0.25) is 0 Å².